The Balaban J connectivity index is 1.67. The van der Waals surface area contributed by atoms with Crippen LogP contribution in [-0.2, 0) is 9.53 Å². The van der Waals surface area contributed by atoms with Crippen molar-refractivity contribution in [2.45, 2.75) is 31.8 Å². The Morgan fingerprint density at radius 3 is 2.80 bits per heavy atom. The van der Waals surface area contributed by atoms with E-state index in [1.807, 2.05) is 0 Å². The van der Waals surface area contributed by atoms with Crippen LogP contribution in [0.5, 0.6) is 0 Å². The van der Waals surface area contributed by atoms with Crippen LogP contribution in [0, 0.1) is 5.82 Å². The number of rotatable bonds is 6. The fraction of sp³-hybridized carbons (Fsp3) is 0.364. The third-order valence-electron chi connectivity index (χ3n) is 5.46. The minimum Gasteiger partial charge on any atom is -0.467 e. The van der Waals surface area contributed by atoms with Crippen LogP contribution in [0.15, 0.2) is 58.3 Å². The second kappa shape index (κ2) is 8.71. The fourth-order valence-electron chi connectivity index (χ4n) is 4.14. The van der Waals surface area contributed by atoms with Gasteiger partial charge in [-0.1, -0.05) is 12.1 Å². The van der Waals surface area contributed by atoms with Crippen LogP contribution in [-0.4, -0.2) is 36.6 Å². The van der Waals surface area contributed by atoms with Gasteiger partial charge in [-0.25, -0.2) is 14.0 Å². The van der Waals surface area contributed by atoms with Gasteiger partial charge in [0.1, 0.15) is 17.6 Å². The number of benzene rings is 1. The molecule has 2 amide bonds. The van der Waals surface area contributed by atoms with Crippen molar-refractivity contribution in [2.24, 2.45) is 0 Å². The lowest BCUT2D eigenvalue weighted by Gasteiger charge is -2.32. The van der Waals surface area contributed by atoms with Gasteiger partial charge in [-0.15, -0.1) is 0 Å². The highest BCUT2D eigenvalue weighted by Crippen LogP contribution is 2.34. The van der Waals surface area contributed by atoms with Crippen LogP contribution < -0.4 is 10.6 Å². The molecule has 2 atom stereocenters. The van der Waals surface area contributed by atoms with Crippen molar-refractivity contribution >= 4 is 12.0 Å². The zero-order chi connectivity index (χ0) is 21.1. The van der Waals surface area contributed by atoms with Gasteiger partial charge in [-0.2, -0.15) is 0 Å². The van der Waals surface area contributed by atoms with Crippen molar-refractivity contribution < 1.29 is 23.1 Å². The number of hydrogen-bond acceptors (Lipinski definition) is 5. The molecule has 2 aromatic rings. The first-order valence-electron chi connectivity index (χ1n) is 10.1. The number of carbonyl (C=O) groups is 2. The monoisotopic (exact) mass is 413 g/mol. The maximum absolute atomic E-state index is 13.3. The van der Waals surface area contributed by atoms with Crippen LogP contribution in [0.2, 0.25) is 0 Å². The molecule has 0 bridgehead atoms. The summed E-state index contributed by atoms with van der Waals surface area (Å²) in [6.45, 7) is 3.12. The summed E-state index contributed by atoms with van der Waals surface area (Å²) in [5.74, 6) is -0.316. The summed E-state index contributed by atoms with van der Waals surface area (Å²) in [5.41, 5.74) is 1.83. The molecule has 0 aliphatic carbocycles. The smallest absolute Gasteiger partial charge is 0.338 e. The Bertz CT molecular complexity index is 940. The van der Waals surface area contributed by atoms with Crippen molar-refractivity contribution in [1.82, 2.24) is 15.5 Å². The highest BCUT2D eigenvalue weighted by atomic mass is 19.1. The molecule has 7 nitrogen and oxygen atoms in total. The van der Waals surface area contributed by atoms with E-state index >= 15 is 0 Å². The van der Waals surface area contributed by atoms with E-state index in [1.54, 1.807) is 31.2 Å². The van der Waals surface area contributed by atoms with E-state index in [9.17, 15) is 14.0 Å². The molecular weight excluding hydrogens is 389 g/mol. The summed E-state index contributed by atoms with van der Waals surface area (Å²) in [7, 11) is 0. The number of carbonyl (C=O) groups excluding carboxylic acids is 2. The lowest BCUT2D eigenvalue weighted by molar-refractivity contribution is -0.139. The van der Waals surface area contributed by atoms with Gasteiger partial charge in [-0.3, -0.25) is 4.90 Å². The molecule has 2 aliphatic heterocycles. The average Bonchev–Trinajstić information content (AvgIpc) is 3.40. The molecule has 0 radical (unpaired) electrons. The molecule has 0 saturated carbocycles. The standard InChI is InChI=1S/C22H24FN3O4/c1-2-29-21(27)19-16(24-22(28)25-20(19)18-6-4-12-30-18)13-26-11-3-5-17(26)14-7-9-15(23)10-8-14/h4,6-10,12,17,20H,2-3,5,11,13H2,1H3,(H2,24,25,28). The molecule has 158 valence electrons. The SMILES string of the molecule is CCOC(=O)C1=C(CN2CCCC2c2ccc(F)cc2)NC(=O)NC1c1ccco1. The number of furan rings is 1. The molecule has 2 N–H and O–H groups in total. The maximum atomic E-state index is 13.3. The number of likely N-dealkylation sites (tertiary alicyclic amines) is 1. The number of urea groups is 1. The Morgan fingerprint density at radius 2 is 2.10 bits per heavy atom. The second-order valence-electron chi connectivity index (χ2n) is 7.34. The van der Waals surface area contributed by atoms with Crippen LogP contribution in [0.3, 0.4) is 0 Å². The number of hydrogen-bond donors (Lipinski definition) is 2. The number of esters is 1. The number of nitrogens with one attached hydrogen (secondary N) is 2. The summed E-state index contributed by atoms with van der Waals surface area (Å²) >= 11 is 0. The number of halogens is 1. The van der Waals surface area contributed by atoms with E-state index in [0.29, 0.717) is 23.6 Å². The molecule has 1 aromatic heterocycles. The van der Waals surface area contributed by atoms with E-state index in [1.165, 1.54) is 18.4 Å². The average molecular weight is 413 g/mol. The summed E-state index contributed by atoms with van der Waals surface area (Å²) in [4.78, 5) is 27.4. The Morgan fingerprint density at radius 1 is 1.30 bits per heavy atom. The van der Waals surface area contributed by atoms with E-state index in [-0.39, 0.29) is 18.5 Å². The molecule has 2 unspecified atom stereocenters. The quantitative estimate of drug-likeness (QED) is 0.709. The van der Waals surface area contributed by atoms with Crippen molar-refractivity contribution in [2.75, 3.05) is 19.7 Å². The number of ether oxygens (including phenoxy) is 1. The lowest BCUT2D eigenvalue weighted by Crippen LogP contribution is -2.48. The summed E-state index contributed by atoms with van der Waals surface area (Å²) in [6, 6.07) is 8.84. The molecule has 1 aromatic carbocycles. The van der Waals surface area contributed by atoms with Gasteiger partial charge in [0.2, 0.25) is 0 Å². The van der Waals surface area contributed by atoms with Crippen LogP contribution in [0.25, 0.3) is 0 Å². The van der Waals surface area contributed by atoms with Gasteiger partial charge in [0.15, 0.2) is 0 Å². The fourth-order valence-corrected chi connectivity index (χ4v) is 4.14. The van der Waals surface area contributed by atoms with Crippen molar-refractivity contribution in [3.8, 4) is 0 Å². The first-order valence-corrected chi connectivity index (χ1v) is 10.1. The molecule has 4 rings (SSSR count). The largest absolute Gasteiger partial charge is 0.467 e. The van der Waals surface area contributed by atoms with Gasteiger partial charge in [0.25, 0.3) is 0 Å². The van der Waals surface area contributed by atoms with Gasteiger partial charge in [-0.05, 0) is 56.1 Å². The summed E-state index contributed by atoms with van der Waals surface area (Å²) < 4.78 is 24.1. The topological polar surface area (TPSA) is 83.8 Å². The van der Waals surface area contributed by atoms with Crippen LogP contribution in [0.4, 0.5) is 9.18 Å². The van der Waals surface area contributed by atoms with Gasteiger partial charge in [0.05, 0.1) is 18.4 Å². The summed E-state index contributed by atoms with van der Waals surface area (Å²) in [6.07, 6.45) is 3.39. The number of amides is 2. The maximum Gasteiger partial charge on any atom is 0.338 e. The molecule has 0 spiro atoms. The van der Waals surface area contributed by atoms with Gasteiger partial charge >= 0.3 is 12.0 Å². The third kappa shape index (κ3) is 4.09. The molecule has 3 heterocycles. The second-order valence-corrected chi connectivity index (χ2v) is 7.34. The minimum absolute atomic E-state index is 0.0791. The van der Waals surface area contributed by atoms with Crippen LogP contribution in [0.1, 0.15) is 43.2 Å². The first-order chi connectivity index (χ1) is 14.6. The molecule has 1 saturated heterocycles. The highest BCUT2D eigenvalue weighted by molar-refractivity contribution is 5.95. The lowest BCUT2D eigenvalue weighted by atomic mass is 9.99. The van der Waals surface area contributed by atoms with E-state index in [2.05, 4.69) is 15.5 Å². The highest BCUT2D eigenvalue weighted by Gasteiger charge is 2.37. The molecular formula is C22H24FN3O4. The van der Waals surface area contributed by atoms with Crippen LogP contribution >= 0.6 is 0 Å². The Labute approximate surface area is 173 Å². The van der Waals surface area contributed by atoms with E-state index < -0.39 is 18.0 Å². The minimum atomic E-state index is -0.727. The predicted molar refractivity (Wildman–Crippen MR) is 107 cm³/mol. The van der Waals surface area contributed by atoms with Crippen molar-refractivity contribution in [1.29, 1.82) is 0 Å². The van der Waals surface area contributed by atoms with Crippen molar-refractivity contribution in [3.05, 3.63) is 71.1 Å². The zero-order valence-corrected chi connectivity index (χ0v) is 16.7. The summed E-state index contributed by atoms with van der Waals surface area (Å²) in [5, 5.41) is 5.54. The first kappa shape index (κ1) is 20.2. The van der Waals surface area contributed by atoms with Gasteiger partial charge in [0, 0.05) is 18.3 Å². The molecule has 2 aliphatic rings. The molecule has 8 heteroatoms. The Hall–Kier alpha value is -3.13. The zero-order valence-electron chi connectivity index (χ0n) is 16.7. The molecule has 1 fully saturated rings. The third-order valence-corrected chi connectivity index (χ3v) is 5.46. The normalized spacial score (nSPS) is 22.0. The van der Waals surface area contributed by atoms with Gasteiger partial charge < -0.3 is 19.8 Å². The number of nitrogens with zero attached hydrogens (tertiary/aromatic N) is 1. The Kier molecular flexibility index (Phi) is 5.85. The molecule has 30 heavy (non-hydrogen) atoms. The van der Waals surface area contributed by atoms with Crippen molar-refractivity contribution in [3.63, 3.8) is 0 Å². The van der Waals surface area contributed by atoms with E-state index in [0.717, 1.165) is 24.9 Å². The van der Waals surface area contributed by atoms with E-state index in [4.69, 9.17) is 9.15 Å². The predicted octanol–water partition coefficient (Wildman–Crippen LogP) is 3.43.